The quantitative estimate of drug-likeness (QED) is 0.416. The predicted molar refractivity (Wildman–Crippen MR) is 104 cm³/mol. The van der Waals surface area contributed by atoms with Gasteiger partial charge in [0.05, 0.1) is 11.1 Å². The van der Waals surface area contributed by atoms with E-state index in [1.54, 1.807) is 6.21 Å². The van der Waals surface area contributed by atoms with Crippen molar-refractivity contribution in [2.45, 2.75) is 13.8 Å². The fourth-order valence-corrected chi connectivity index (χ4v) is 2.38. The highest BCUT2D eigenvalue weighted by Gasteiger charge is 2.06. The second kappa shape index (κ2) is 9.91. The number of nitrogens with one attached hydrogen (secondary N) is 1. The Morgan fingerprint density at radius 1 is 1.15 bits per heavy atom. The largest absolute Gasteiger partial charge is 0.484 e. The molecule has 0 saturated heterocycles. The van der Waals surface area contributed by atoms with Gasteiger partial charge in [0.1, 0.15) is 5.75 Å². The molecular weight excluding hydrogens is 348 g/mol. The van der Waals surface area contributed by atoms with Crippen LogP contribution in [-0.4, -0.2) is 36.7 Å². The number of ether oxygens (including phenoxy) is 1. The molecule has 2 aromatic carbocycles. The second-order valence-corrected chi connectivity index (χ2v) is 5.60. The van der Waals surface area contributed by atoms with Gasteiger partial charge in [-0.3, -0.25) is 14.9 Å². The Hall–Kier alpha value is -3.42. The van der Waals surface area contributed by atoms with Crippen LogP contribution in [0, 0.1) is 10.1 Å². The van der Waals surface area contributed by atoms with Crippen LogP contribution < -0.4 is 15.1 Å². The Morgan fingerprint density at radius 3 is 2.33 bits per heavy atom. The van der Waals surface area contributed by atoms with Crippen LogP contribution >= 0.6 is 0 Å². The Balaban J connectivity index is 1.80. The van der Waals surface area contributed by atoms with E-state index in [0.717, 1.165) is 24.3 Å². The molecule has 0 bridgehead atoms. The Kier molecular flexibility index (Phi) is 7.30. The molecule has 0 saturated carbocycles. The molecule has 0 unspecified atom stereocenters. The number of hydrogen-bond acceptors (Lipinski definition) is 6. The Morgan fingerprint density at radius 2 is 1.78 bits per heavy atom. The fourth-order valence-electron chi connectivity index (χ4n) is 2.38. The van der Waals surface area contributed by atoms with Crippen LogP contribution in [0.15, 0.2) is 53.6 Å². The highest BCUT2D eigenvalue weighted by Crippen LogP contribution is 2.17. The maximum Gasteiger partial charge on any atom is 0.277 e. The van der Waals surface area contributed by atoms with Gasteiger partial charge in [-0.25, -0.2) is 5.43 Å². The number of hydrogen-bond donors (Lipinski definition) is 1. The van der Waals surface area contributed by atoms with Crippen LogP contribution in [0.2, 0.25) is 0 Å². The summed E-state index contributed by atoms with van der Waals surface area (Å²) in [5.74, 6) is -0.0592. The predicted octanol–water partition coefficient (Wildman–Crippen LogP) is 2.97. The van der Waals surface area contributed by atoms with Crippen LogP contribution in [-0.2, 0) is 4.79 Å². The molecule has 2 aromatic rings. The molecule has 0 spiro atoms. The van der Waals surface area contributed by atoms with Crippen LogP contribution in [0.5, 0.6) is 5.75 Å². The molecule has 2 rings (SSSR count). The molecular formula is C19H22N4O4. The molecule has 8 heteroatoms. The minimum atomic E-state index is -0.500. The Labute approximate surface area is 157 Å². The minimum Gasteiger partial charge on any atom is -0.484 e. The Bertz CT molecular complexity index is 784. The first-order valence-electron chi connectivity index (χ1n) is 8.57. The summed E-state index contributed by atoms with van der Waals surface area (Å²) in [6.07, 6.45) is 1.55. The topological polar surface area (TPSA) is 97.1 Å². The van der Waals surface area contributed by atoms with Crippen LogP contribution in [0.25, 0.3) is 0 Å². The fraction of sp³-hybridized carbons (Fsp3) is 0.263. The van der Waals surface area contributed by atoms with Gasteiger partial charge in [-0.2, -0.15) is 5.10 Å². The molecule has 1 amide bonds. The first-order chi connectivity index (χ1) is 13.0. The van der Waals surface area contributed by atoms with Crippen molar-refractivity contribution in [3.05, 3.63) is 64.2 Å². The summed E-state index contributed by atoms with van der Waals surface area (Å²) in [6, 6.07) is 13.4. The highest BCUT2D eigenvalue weighted by atomic mass is 16.6. The third-order valence-electron chi connectivity index (χ3n) is 3.84. The van der Waals surface area contributed by atoms with Crippen molar-refractivity contribution in [2.24, 2.45) is 5.10 Å². The lowest BCUT2D eigenvalue weighted by molar-refractivity contribution is -0.384. The molecule has 0 fully saturated rings. The normalized spacial score (nSPS) is 10.6. The third-order valence-corrected chi connectivity index (χ3v) is 3.84. The van der Waals surface area contributed by atoms with E-state index in [4.69, 9.17) is 4.74 Å². The first kappa shape index (κ1) is 19.9. The first-order valence-corrected chi connectivity index (χ1v) is 8.57. The number of benzene rings is 2. The van der Waals surface area contributed by atoms with E-state index in [2.05, 4.69) is 29.3 Å². The zero-order valence-electron chi connectivity index (χ0n) is 15.3. The number of carbonyl (C=O) groups is 1. The van der Waals surface area contributed by atoms with Crippen LogP contribution in [0.1, 0.15) is 19.4 Å². The summed E-state index contributed by atoms with van der Waals surface area (Å²) >= 11 is 0. The number of amides is 1. The molecule has 0 aliphatic heterocycles. The molecule has 0 aliphatic carbocycles. The number of nitro groups is 1. The van der Waals surface area contributed by atoms with Crippen LogP contribution in [0.3, 0.4) is 0 Å². The lowest BCUT2D eigenvalue weighted by Gasteiger charge is -2.20. The van der Waals surface area contributed by atoms with E-state index in [-0.39, 0.29) is 12.3 Å². The summed E-state index contributed by atoms with van der Waals surface area (Å²) in [4.78, 5) is 24.1. The number of nitro benzene ring substituents is 1. The SMILES string of the molecule is CCN(CC)c1ccc(C=NNC(=O)COc2ccc([N+](=O)[O-])cc2)cc1. The standard InChI is InChI=1S/C19H22N4O4/c1-3-22(4-2)16-7-5-15(6-8-16)13-20-21-19(24)14-27-18-11-9-17(10-12-18)23(25)26/h5-13H,3-4,14H2,1-2H3,(H,21,24). The van der Waals surface area contributed by atoms with Crippen molar-refractivity contribution >= 4 is 23.5 Å². The number of carbonyl (C=O) groups excluding carboxylic acids is 1. The average Bonchev–Trinajstić information content (AvgIpc) is 2.69. The van der Waals surface area contributed by atoms with Crippen molar-refractivity contribution in [1.82, 2.24) is 5.43 Å². The number of hydrazone groups is 1. The van der Waals surface area contributed by atoms with E-state index in [1.165, 1.54) is 24.3 Å². The maximum absolute atomic E-state index is 11.7. The zero-order valence-corrected chi connectivity index (χ0v) is 15.3. The van der Waals surface area contributed by atoms with E-state index in [9.17, 15) is 14.9 Å². The maximum atomic E-state index is 11.7. The second-order valence-electron chi connectivity index (χ2n) is 5.60. The van der Waals surface area contributed by atoms with Crippen molar-refractivity contribution < 1.29 is 14.5 Å². The number of anilines is 1. The van der Waals surface area contributed by atoms with Crippen molar-refractivity contribution in [3.8, 4) is 5.75 Å². The summed E-state index contributed by atoms with van der Waals surface area (Å²) < 4.78 is 5.26. The van der Waals surface area contributed by atoms with E-state index >= 15 is 0 Å². The number of nitrogens with zero attached hydrogens (tertiary/aromatic N) is 3. The van der Waals surface area contributed by atoms with Gasteiger partial charge in [-0.1, -0.05) is 12.1 Å². The van der Waals surface area contributed by atoms with Gasteiger partial charge < -0.3 is 9.64 Å². The van der Waals surface area contributed by atoms with Crippen molar-refractivity contribution in [3.63, 3.8) is 0 Å². The summed E-state index contributed by atoms with van der Waals surface area (Å²) in [5, 5.41) is 14.5. The average molecular weight is 370 g/mol. The van der Waals surface area contributed by atoms with Gasteiger partial charge in [0, 0.05) is 30.9 Å². The molecule has 0 aliphatic rings. The number of rotatable bonds is 9. The number of non-ortho nitro benzene ring substituents is 1. The van der Waals surface area contributed by atoms with E-state index in [1.807, 2.05) is 24.3 Å². The minimum absolute atomic E-state index is 0.0385. The zero-order chi connectivity index (χ0) is 19.6. The van der Waals surface area contributed by atoms with Gasteiger partial charge in [0.15, 0.2) is 6.61 Å². The summed E-state index contributed by atoms with van der Waals surface area (Å²) in [6.45, 7) is 5.85. The molecule has 142 valence electrons. The molecule has 0 aromatic heterocycles. The molecule has 0 heterocycles. The summed E-state index contributed by atoms with van der Waals surface area (Å²) in [7, 11) is 0. The molecule has 0 atom stereocenters. The molecule has 0 radical (unpaired) electrons. The van der Waals surface area contributed by atoms with Gasteiger partial charge in [-0.15, -0.1) is 0 Å². The molecule has 8 nitrogen and oxygen atoms in total. The monoisotopic (exact) mass is 370 g/mol. The van der Waals surface area contributed by atoms with Gasteiger partial charge >= 0.3 is 0 Å². The third kappa shape index (κ3) is 6.10. The van der Waals surface area contributed by atoms with E-state index in [0.29, 0.717) is 5.75 Å². The summed E-state index contributed by atoms with van der Waals surface area (Å²) in [5.41, 5.74) is 4.34. The van der Waals surface area contributed by atoms with Gasteiger partial charge in [-0.05, 0) is 43.7 Å². The lowest BCUT2D eigenvalue weighted by atomic mass is 10.2. The smallest absolute Gasteiger partial charge is 0.277 e. The molecule has 1 N–H and O–H groups in total. The van der Waals surface area contributed by atoms with Crippen molar-refractivity contribution in [1.29, 1.82) is 0 Å². The molecule has 27 heavy (non-hydrogen) atoms. The lowest BCUT2D eigenvalue weighted by Crippen LogP contribution is -2.24. The van der Waals surface area contributed by atoms with Crippen LogP contribution in [0.4, 0.5) is 11.4 Å². The van der Waals surface area contributed by atoms with E-state index < -0.39 is 10.8 Å². The van der Waals surface area contributed by atoms with Gasteiger partial charge in [0.2, 0.25) is 0 Å². The van der Waals surface area contributed by atoms with Gasteiger partial charge in [0.25, 0.3) is 11.6 Å². The van der Waals surface area contributed by atoms with Crippen molar-refractivity contribution in [2.75, 3.05) is 24.6 Å². The highest BCUT2D eigenvalue weighted by molar-refractivity contribution is 5.83.